The number of nitrogens with one attached hydrogen (secondary N) is 1. The Kier molecular flexibility index (Phi) is 5.59. The summed E-state index contributed by atoms with van der Waals surface area (Å²) in [5.74, 6) is 2.42. The van der Waals surface area contributed by atoms with Crippen LogP contribution in [0.5, 0.6) is 23.0 Å². The number of H-pyrrole nitrogens is 1. The number of benzene rings is 2. The van der Waals surface area contributed by atoms with Crippen LogP contribution in [0.4, 0.5) is 0 Å². The number of rotatable bonds is 6. The second kappa shape index (κ2) is 8.59. The first-order valence-corrected chi connectivity index (χ1v) is 11.3. The molecule has 3 aromatic rings. The molecule has 0 bridgehead atoms. The average Bonchev–Trinajstić information content (AvgIpc) is 3.71. The molecule has 1 N–H and O–H groups in total. The van der Waals surface area contributed by atoms with Crippen LogP contribution < -0.4 is 24.5 Å². The normalized spacial score (nSPS) is 17.3. The summed E-state index contributed by atoms with van der Waals surface area (Å²) in [5, 5.41) is 0.790. The Labute approximate surface area is 197 Å². The molecule has 0 spiro atoms. The summed E-state index contributed by atoms with van der Waals surface area (Å²) >= 11 is 0. The molecule has 0 radical (unpaired) electrons. The van der Waals surface area contributed by atoms with E-state index in [1.54, 1.807) is 34.5 Å². The number of nitrogens with zero attached hydrogens (tertiary/aromatic N) is 1. The first-order chi connectivity index (χ1) is 16.5. The van der Waals surface area contributed by atoms with Crippen molar-refractivity contribution in [1.29, 1.82) is 0 Å². The lowest BCUT2D eigenvalue weighted by atomic mass is 9.87. The fourth-order valence-corrected chi connectivity index (χ4v) is 4.84. The van der Waals surface area contributed by atoms with Crippen LogP contribution in [0.25, 0.3) is 10.9 Å². The molecule has 1 aromatic heterocycles. The highest BCUT2D eigenvalue weighted by Gasteiger charge is 2.41. The van der Waals surface area contributed by atoms with Gasteiger partial charge in [-0.1, -0.05) is 0 Å². The Balaban J connectivity index is 1.72. The van der Waals surface area contributed by atoms with Gasteiger partial charge in [-0.25, -0.2) is 0 Å². The monoisotopic (exact) mass is 464 g/mol. The molecule has 34 heavy (non-hydrogen) atoms. The minimum atomic E-state index is -0.530. The van der Waals surface area contributed by atoms with Gasteiger partial charge in [0.2, 0.25) is 5.91 Å². The molecule has 1 saturated carbocycles. The summed E-state index contributed by atoms with van der Waals surface area (Å²) in [6, 6.07) is 8.73. The fourth-order valence-electron chi connectivity index (χ4n) is 4.84. The lowest BCUT2D eigenvalue weighted by molar-refractivity contribution is -0.134. The van der Waals surface area contributed by atoms with Gasteiger partial charge in [0.25, 0.3) is 5.56 Å². The third kappa shape index (κ3) is 3.63. The van der Waals surface area contributed by atoms with Crippen molar-refractivity contribution in [1.82, 2.24) is 9.88 Å². The maximum Gasteiger partial charge on any atom is 0.254 e. The van der Waals surface area contributed by atoms with Gasteiger partial charge in [0, 0.05) is 29.5 Å². The van der Waals surface area contributed by atoms with Crippen LogP contribution in [0, 0.1) is 5.92 Å². The summed E-state index contributed by atoms with van der Waals surface area (Å²) in [7, 11) is 6.31. The third-order valence-corrected chi connectivity index (χ3v) is 6.76. The van der Waals surface area contributed by atoms with Crippen LogP contribution in [0.3, 0.4) is 0 Å². The number of hydrogen-bond acceptors (Lipinski definition) is 6. The predicted octanol–water partition coefficient (Wildman–Crippen LogP) is 3.45. The number of aromatic nitrogens is 1. The summed E-state index contributed by atoms with van der Waals surface area (Å²) in [5.41, 5.74) is 2.80. The molecule has 2 aromatic carbocycles. The molecule has 1 aliphatic carbocycles. The Bertz CT molecular complexity index is 1330. The second-order valence-corrected chi connectivity index (χ2v) is 8.71. The van der Waals surface area contributed by atoms with Crippen molar-refractivity contribution >= 4 is 16.8 Å². The van der Waals surface area contributed by atoms with Crippen LogP contribution in [-0.4, -0.2) is 50.8 Å². The van der Waals surface area contributed by atoms with E-state index >= 15 is 0 Å². The molecule has 0 saturated heterocycles. The molecule has 178 valence electrons. The van der Waals surface area contributed by atoms with Gasteiger partial charge in [-0.15, -0.1) is 0 Å². The van der Waals surface area contributed by atoms with Crippen LogP contribution in [0.1, 0.15) is 35.6 Å². The second-order valence-electron chi connectivity index (χ2n) is 8.71. The highest BCUT2D eigenvalue weighted by molar-refractivity contribution is 5.85. The zero-order valence-corrected chi connectivity index (χ0v) is 19.8. The topological polar surface area (TPSA) is 90.1 Å². The molecule has 1 amide bonds. The van der Waals surface area contributed by atoms with Gasteiger partial charge < -0.3 is 28.8 Å². The van der Waals surface area contributed by atoms with Gasteiger partial charge in [0.05, 0.1) is 40.0 Å². The number of ether oxygens (including phenoxy) is 4. The van der Waals surface area contributed by atoms with Crippen molar-refractivity contribution < 1.29 is 23.7 Å². The van der Waals surface area contributed by atoms with E-state index in [4.69, 9.17) is 18.9 Å². The average molecular weight is 465 g/mol. The maximum absolute atomic E-state index is 13.4. The van der Waals surface area contributed by atoms with Crippen LogP contribution in [0.15, 0.2) is 35.1 Å². The van der Waals surface area contributed by atoms with Crippen molar-refractivity contribution in [2.24, 2.45) is 5.92 Å². The van der Waals surface area contributed by atoms with E-state index in [0.29, 0.717) is 47.0 Å². The van der Waals surface area contributed by atoms with Gasteiger partial charge in [-0.2, -0.15) is 0 Å². The number of carbonyl (C=O) groups is 1. The van der Waals surface area contributed by atoms with Crippen molar-refractivity contribution in [2.45, 2.75) is 25.3 Å². The smallest absolute Gasteiger partial charge is 0.254 e. The number of methoxy groups -OCH3 is 4. The highest BCUT2D eigenvalue weighted by Crippen LogP contribution is 2.43. The first kappa shape index (κ1) is 22.1. The van der Waals surface area contributed by atoms with Crippen LogP contribution in [0.2, 0.25) is 0 Å². The zero-order valence-electron chi connectivity index (χ0n) is 19.8. The van der Waals surface area contributed by atoms with Gasteiger partial charge in [-0.3, -0.25) is 9.59 Å². The van der Waals surface area contributed by atoms with E-state index in [2.05, 4.69) is 4.98 Å². The maximum atomic E-state index is 13.4. The van der Waals surface area contributed by atoms with Crippen molar-refractivity contribution in [3.63, 3.8) is 0 Å². The van der Waals surface area contributed by atoms with Crippen LogP contribution in [-0.2, 0) is 11.2 Å². The molecule has 2 heterocycles. The van der Waals surface area contributed by atoms with Gasteiger partial charge in [0.15, 0.2) is 23.0 Å². The summed E-state index contributed by atoms with van der Waals surface area (Å²) in [4.78, 5) is 31.6. The SMILES string of the molecule is COc1cc2c(cc1OC)[C@H](c1cc3cc(OC)c(OC)cc3[nH]c1=O)N(C(=O)C1CC1)CC2. The quantitative estimate of drug-likeness (QED) is 0.601. The fraction of sp³-hybridized carbons (Fsp3) is 0.385. The molecule has 0 unspecified atom stereocenters. The molecular weight excluding hydrogens is 436 g/mol. The Morgan fingerprint density at radius 2 is 1.47 bits per heavy atom. The summed E-state index contributed by atoms with van der Waals surface area (Å²) in [6.45, 7) is 0.534. The number of amides is 1. The van der Waals surface area contributed by atoms with E-state index < -0.39 is 6.04 Å². The van der Waals surface area contributed by atoms with E-state index in [0.717, 1.165) is 29.4 Å². The number of fused-ring (bicyclic) bond motifs is 2. The molecule has 8 nitrogen and oxygen atoms in total. The van der Waals surface area contributed by atoms with Crippen molar-refractivity contribution in [3.8, 4) is 23.0 Å². The van der Waals surface area contributed by atoms with E-state index in [1.165, 1.54) is 0 Å². The Morgan fingerprint density at radius 1 is 0.853 bits per heavy atom. The van der Waals surface area contributed by atoms with Crippen molar-refractivity contribution in [3.05, 3.63) is 57.4 Å². The number of pyridine rings is 1. The van der Waals surface area contributed by atoms with E-state index in [-0.39, 0.29) is 17.4 Å². The molecule has 1 aliphatic heterocycles. The Morgan fingerprint density at radius 3 is 2.12 bits per heavy atom. The molecule has 1 fully saturated rings. The largest absolute Gasteiger partial charge is 0.493 e. The predicted molar refractivity (Wildman–Crippen MR) is 127 cm³/mol. The molecule has 2 aliphatic rings. The lowest BCUT2D eigenvalue weighted by Crippen LogP contribution is -2.43. The van der Waals surface area contributed by atoms with Gasteiger partial charge >= 0.3 is 0 Å². The number of aromatic amines is 1. The zero-order chi connectivity index (χ0) is 24.0. The van der Waals surface area contributed by atoms with Gasteiger partial charge in [0.1, 0.15) is 0 Å². The van der Waals surface area contributed by atoms with Gasteiger partial charge in [-0.05, 0) is 54.7 Å². The minimum absolute atomic E-state index is 0.0353. The Hall–Kier alpha value is -3.68. The first-order valence-electron chi connectivity index (χ1n) is 11.3. The molecular formula is C26H28N2O6. The number of hydrogen-bond donors (Lipinski definition) is 1. The van der Waals surface area contributed by atoms with Crippen molar-refractivity contribution in [2.75, 3.05) is 35.0 Å². The summed E-state index contributed by atoms with van der Waals surface area (Å²) < 4.78 is 21.9. The highest BCUT2D eigenvalue weighted by atomic mass is 16.5. The third-order valence-electron chi connectivity index (χ3n) is 6.76. The van der Waals surface area contributed by atoms with E-state index in [1.807, 2.05) is 29.2 Å². The molecule has 8 heteroatoms. The number of carbonyl (C=O) groups excluding carboxylic acids is 1. The summed E-state index contributed by atoms with van der Waals surface area (Å²) in [6.07, 6.45) is 2.47. The standard InChI is InChI=1S/C26H28N2O6/c1-31-20-10-15-7-8-28(26(30)14-5-6-14)24(17(15)12-22(20)33-3)18-9-16-11-21(32-2)23(34-4)13-19(16)27-25(18)29/h9-14,24H,5-8H2,1-4H3,(H,27,29)/t24-/m1/s1. The van der Waals surface area contributed by atoms with Crippen LogP contribution >= 0.6 is 0 Å². The van der Waals surface area contributed by atoms with E-state index in [9.17, 15) is 9.59 Å². The molecule has 5 rings (SSSR count). The molecule has 1 atom stereocenters. The minimum Gasteiger partial charge on any atom is -0.493 e. The lowest BCUT2D eigenvalue weighted by Gasteiger charge is -2.38.